The highest BCUT2D eigenvalue weighted by Gasteiger charge is 2.38. The summed E-state index contributed by atoms with van der Waals surface area (Å²) in [5.41, 5.74) is 9.65. The van der Waals surface area contributed by atoms with Crippen LogP contribution in [-0.4, -0.2) is 4.57 Å². The Morgan fingerprint density at radius 2 is 1.80 bits per heavy atom. The summed E-state index contributed by atoms with van der Waals surface area (Å²) in [6.45, 7) is 7.69. The Labute approximate surface area is 178 Å². The second kappa shape index (κ2) is 6.50. The molecule has 0 bridgehead atoms. The van der Waals surface area contributed by atoms with E-state index in [1.54, 1.807) is 0 Å². The van der Waals surface area contributed by atoms with Crippen LogP contribution in [0.3, 0.4) is 0 Å². The van der Waals surface area contributed by atoms with Crippen molar-refractivity contribution >= 4 is 27.5 Å². The summed E-state index contributed by atoms with van der Waals surface area (Å²) in [4.78, 5) is 0. The van der Waals surface area contributed by atoms with Crippen LogP contribution in [0.15, 0.2) is 66.7 Å². The number of aromatic nitrogens is 1. The van der Waals surface area contributed by atoms with E-state index in [-0.39, 0.29) is 0 Å². The first-order valence-corrected chi connectivity index (χ1v) is 11.2. The number of benzene rings is 3. The Balaban J connectivity index is 1.53. The lowest BCUT2D eigenvalue weighted by atomic mass is 9.75. The standard InChI is InChI=1S/C28H28N2/c1-4-30-25-11-6-5-8-20(25)23-16-19(12-13-26(23)30)28-22-10-7-9-21(22)27-18(3)14-17(2)15-24(27)29-28/h5-9,11-16,21-22,28-29H,4,10H2,1-3H3. The number of nitrogens with zero attached hydrogens (tertiary/aromatic N) is 1. The average molecular weight is 393 g/mol. The van der Waals surface area contributed by atoms with Gasteiger partial charge in [-0.25, -0.2) is 0 Å². The summed E-state index contributed by atoms with van der Waals surface area (Å²) < 4.78 is 2.44. The molecular weight excluding hydrogens is 364 g/mol. The molecule has 0 saturated carbocycles. The SMILES string of the molecule is CCn1c2ccccc2c2cc(C3Nc4cc(C)cc(C)c4C4C=CCC43)ccc21. The summed E-state index contributed by atoms with van der Waals surface area (Å²) >= 11 is 0. The molecule has 3 unspecified atom stereocenters. The fraction of sp³-hybridized carbons (Fsp3) is 0.286. The van der Waals surface area contributed by atoms with Crippen LogP contribution >= 0.6 is 0 Å². The number of para-hydroxylation sites is 1. The molecule has 2 aliphatic rings. The number of rotatable bonds is 2. The van der Waals surface area contributed by atoms with E-state index in [1.807, 2.05) is 0 Å². The van der Waals surface area contributed by atoms with Gasteiger partial charge in [0.15, 0.2) is 0 Å². The van der Waals surface area contributed by atoms with Gasteiger partial charge in [-0.15, -0.1) is 0 Å². The van der Waals surface area contributed by atoms with Gasteiger partial charge in [0.25, 0.3) is 0 Å². The van der Waals surface area contributed by atoms with E-state index in [9.17, 15) is 0 Å². The minimum Gasteiger partial charge on any atom is -0.378 e. The molecule has 2 heterocycles. The van der Waals surface area contributed by atoms with Crippen LogP contribution in [0.1, 0.15) is 47.6 Å². The maximum Gasteiger partial charge on any atom is 0.0554 e. The summed E-state index contributed by atoms with van der Waals surface area (Å²) in [5, 5.41) is 6.69. The third-order valence-corrected chi connectivity index (χ3v) is 7.29. The lowest BCUT2D eigenvalue weighted by Crippen LogP contribution is -2.29. The lowest BCUT2D eigenvalue weighted by molar-refractivity contribution is 0.424. The first-order valence-electron chi connectivity index (χ1n) is 11.2. The molecule has 0 fully saturated rings. The van der Waals surface area contributed by atoms with Gasteiger partial charge < -0.3 is 9.88 Å². The quantitative estimate of drug-likeness (QED) is 0.355. The summed E-state index contributed by atoms with van der Waals surface area (Å²) in [5.74, 6) is 1.09. The van der Waals surface area contributed by atoms with E-state index in [2.05, 4.69) is 97.4 Å². The van der Waals surface area contributed by atoms with Gasteiger partial charge in [-0.05, 0) is 79.6 Å². The maximum absolute atomic E-state index is 3.95. The molecule has 1 aliphatic carbocycles. The van der Waals surface area contributed by atoms with E-state index in [0.29, 0.717) is 17.9 Å². The largest absolute Gasteiger partial charge is 0.378 e. The number of nitrogens with one attached hydrogen (secondary N) is 1. The monoisotopic (exact) mass is 392 g/mol. The molecule has 0 radical (unpaired) electrons. The van der Waals surface area contributed by atoms with Crippen LogP contribution in [0.4, 0.5) is 5.69 Å². The van der Waals surface area contributed by atoms with Crippen molar-refractivity contribution in [1.82, 2.24) is 4.57 Å². The third kappa shape index (κ3) is 2.43. The molecule has 2 heteroatoms. The summed E-state index contributed by atoms with van der Waals surface area (Å²) in [6.07, 6.45) is 5.98. The first-order chi connectivity index (χ1) is 14.7. The predicted octanol–water partition coefficient (Wildman–Crippen LogP) is 7.26. The minimum absolute atomic E-state index is 0.340. The molecule has 4 aromatic rings. The molecule has 0 saturated heterocycles. The van der Waals surface area contributed by atoms with Gasteiger partial charge in [0.2, 0.25) is 0 Å². The fourth-order valence-corrected chi connectivity index (χ4v) is 6.08. The highest BCUT2D eigenvalue weighted by Crippen LogP contribution is 2.51. The second-order valence-corrected chi connectivity index (χ2v) is 9.06. The first kappa shape index (κ1) is 17.8. The third-order valence-electron chi connectivity index (χ3n) is 7.29. The van der Waals surface area contributed by atoms with E-state index in [1.165, 1.54) is 49.7 Å². The molecule has 2 nitrogen and oxygen atoms in total. The molecule has 30 heavy (non-hydrogen) atoms. The number of fused-ring (bicyclic) bond motifs is 6. The number of anilines is 1. The number of hydrogen-bond acceptors (Lipinski definition) is 1. The van der Waals surface area contributed by atoms with Crippen molar-refractivity contribution in [3.63, 3.8) is 0 Å². The minimum atomic E-state index is 0.340. The maximum atomic E-state index is 3.95. The van der Waals surface area contributed by atoms with E-state index in [4.69, 9.17) is 0 Å². The van der Waals surface area contributed by atoms with Gasteiger partial charge in [-0.3, -0.25) is 0 Å². The van der Waals surface area contributed by atoms with Crippen LogP contribution < -0.4 is 5.32 Å². The molecule has 0 spiro atoms. The zero-order chi connectivity index (χ0) is 20.4. The summed E-state index contributed by atoms with van der Waals surface area (Å²) in [7, 11) is 0. The van der Waals surface area contributed by atoms with E-state index in [0.717, 1.165) is 13.0 Å². The highest BCUT2D eigenvalue weighted by molar-refractivity contribution is 6.08. The molecule has 3 atom stereocenters. The smallest absolute Gasteiger partial charge is 0.0554 e. The van der Waals surface area contributed by atoms with Crippen LogP contribution in [0, 0.1) is 19.8 Å². The van der Waals surface area contributed by atoms with Gasteiger partial charge in [-0.2, -0.15) is 0 Å². The van der Waals surface area contributed by atoms with Crippen LogP contribution in [0.25, 0.3) is 21.8 Å². The number of aryl methyl sites for hydroxylation is 3. The Hall–Kier alpha value is -3.00. The van der Waals surface area contributed by atoms with Crippen molar-refractivity contribution in [3.8, 4) is 0 Å². The van der Waals surface area contributed by atoms with Crippen molar-refractivity contribution in [2.75, 3.05) is 5.32 Å². The van der Waals surface area contributed by atoms with Crippen molar-refractivity contribution in [2.45, 2.75) is 45.7 Å². The van der Waals surface area contributed by atoms with Gasteiger partial charge >= 0.3 is 0 Å². The molecule has 6 rings (SSSR count). The molecule has 3 aromatic carbocycles. The topological polar surface area (TPSA) is 17.0 Å². The van der Waals surface area contributed by atoms with Crippen molar-refractivity contribution < 1.29 is 0 Å². The second-order valence-electron chi connectivity index (χ2n) is 9.06. The zero-order valence-corrected chi connectivity index (χ0v) is 17.9. The van der Waals surface area contributed by atoms with Crippen molar-refractivity contribution in [3.05, 3.63) is 89.0 Å². The Kier molecular flexibility index (Phi) is 3.86. The van der Waals surface area contributed by atoms with Crippen molar-refractivity contribution in [2.24, 2.45) is 5.92 Å². The van der Waals surface area contributed by atoms with E-state index < -0.39 is 0 Å². The Morgan fingerprint density at radius 1 is 0.967 bits per heavy atom. The van der Waals surface area contributed by atoms with Crippen LogP contribution in [0.5, 0.6) is 0 Å². The molecule has 1 N–H and O–H groups in total. The average Bonchev–Trinajstić information content (AvgIpc) is 3.35. The normalized spacial score (nSPS) is 22.3. The van der Waals surface area contributed by atoms with Crippen LogP contribution in [-0.2, 0) is 6.54 Å². The van der Waals surface area contributed by atoms with E-state index >= 15 is 0 Å². The fourth-order valence-electron chi connectivity index (χ4n) is 6.08. The summed E-state index contributed by atoms with van der Waals surface area (Å²) in [6, 6.07) is 21.0. The molecular formula is C28H28N2. The highest BCUT2D eigenvalue weighted by atomic mass is 15.0. The zero-order valence-electron chi connectivity index (χ0n) is 17.9. The van der Waals surface area contributed by atoms with Gasteiger partial charge in [0.1, 0.15) is 0 Å². The number of hydrogen-bond donors (Lipinski definition) is 1. The molecule has 150 valence electrons. The van der Waals surface area contributed by atoms with Crippen molar-refractivity contribution in [1.29, 1.82) is 0 Å². The molecule has 0 amide bonds. The van der Waals surface area contributed by atoms with Crippen LogP contribution in [0.2, 0.25) is 0 Å². The van der Waals surface area contributed by atoms with Gasteiger partial charge in [0.05, 0.1) is 6.04 Å². The lowest BCUT2D eigenvalue weighted by Gasteiger charge is -2.38. The molecule has 1 aromatic heterocycles. The predicted molar refractivity (Wildman–Crippen MR) is 127 cm³/mol. The van der Waals surface area contributed by atoms with Gasteiger partial charge in [0, 0.05) is 40.0 Å². The Morgan fingerprint density at radius 3 is 2.67 bits per heavy atom. The molecule has 1 aliphatic heterocycles. The van der Waals surface area contributed by atoms with Gasteiger partial charge in [-0.1, -0.05) is 42.5 Å². The Bertz CT molecular complexity index is 1320. The number of allylic oxidation sites excluding steroid dienone is 2.